The van der Waals surface area contributed by atoms with Gasteiger partial charge in [-0.25, -0.2) is 4.98 Å². The van der Waals surface area contributed by atoms with Gasteiger partial charge in [0.15, 0.2) is 5.96 Å². The molecule has 0 radical (unpaired) electrons. The van der Waals surface area contributed by atoms with Crippen molar-refractivity contribution in [2.75, 3.05) is 52.8 Å². The zero-order chi connectivity index (χ0) is 17.4. The number of aromatic nitrogens is 1. The molecule has 1 aromatic heterocycles. The van der Waals surface area contributed by atoms with Crippen LogP contribution in [0.5, 0.6) is 0 Å². The summed E-state index contributed by atoms with van der Waals surface area (Å²) in [6.07, 6.45) is 5.38. The Labute approximate surface area is 169 Å². The van der Waals surface area contributed by atoms with Crippen molar-refractivity contribution in [2.45, 2.75) is 25.8 Å². The van der Waals surface area contributed by atoms with Crippen molar-refractivity contribution in [3.05, 3.63) is 23.9 Å². The van der Waals surface area contributed by atoms with Crippen LogP contribution in [0.3, 0.4) is 0 Å². The van der Waals surface area contributed by atoms with Crippen molar-refractivity contribution in [3.8, 4) is 0 Å². The molecule has 0 aliphatic carbocycles. The summed E-state index contributed by atoms with van der Waals surface area (Å²) in [6.45, 7) is 3.55. The van der Waals surface area contributed by atoms with Crippen molar-refractivity contribution >= 4 is 35.8 Å². The molecule has 2 rings (SSSR count). The first kappa shape index (κ1) is 22.0. The smallest absolute Gasteiger partial charge is 0.193 e. The molecule has 25 heavy (non-hydrogen) atoms. The predicted molar refractivity (Wildman–Crippen MR) is 115 cm³/mol. The van der Waals surface area contributed by atoms with Crippen LogP contribution >= 0.6 is 24.0 Å². The van der Waals surface area contributed by atoms with E-state index in [0.29, 0.717) is 0 Å². The molecule has 0 bridgehead atoms. The van der Waals surface area contributed by atoms with Gasteiger partial charge in [0, 0.05) is 66.3 Å². The van der Waals surface area contributed by atoms with E-state index in [1.807, 2.05) is 38.3 Å². The van der Waals surface area contributed by atoms with Crippen LogP contribution < -0.4 is 10.2 Å². The topological polar surface area (TPSA) is 53.0 Å². The largest absolute Gasteiger partial charge is 0.381 e. The van der Waals surface area contributed by atoms with Gasteiger partial charge in [-0.2, -0.15) is 0 Å². The predicted octanol–water partition coefficient (Wildman–Crippen LogP) is 2.59. The van der Waals surface area contributed by atoms with Gasteiger partial charge >= 0.3 is 0 Å². The lowest BCUT2D eigenvalue weighted by atomic mass is 9.96. The first-order chi connectivity index (χ1) is 11.6. The summed E-state index contributed by atoms with van der Waals surface area (Å²) in [7, 11) is 7.97. The van der Waals surface area contributed by atoms with Crippen molar-refractivity contribution in [2.24, 2.45) is 10.9 Å². The lowest BCUT2D eigenvalue weighted by Gasteiger charge is -2.27. The molecule has 0 atom stereocenters. The van der Waals surface area contributed by atoms with Crippen LogP contribution in [0.2, 0.25) is 0 Å². The maximum absolute atomic E-state index is 5.43. The van der Waals surface area contributed by atoms with E-state index < -0.39 is 0 Å². The van der Waals surface area contributed by atoms with E-state index in [2.05, 4.69) is 33.3 Å². The number of hydrogen-bond acceptors (Lipinski definition) is 4. The molecule has 1 aliphatic heterocycles. The number of guanidine groups is 1. The molecule has 1 fully saturated rings. The van der Waals surface area contributed by atoms with Crippen LogP contribution in [-0.2, 0) is 11.3 Å². The van der Waals surface area contributed by atoms with Gasteiger partial charge in [0.05, 0.1) is 0 Å². The first-order valence-electron chi connectivity index (χ1n) is 8.72. The normalized spacial score (nSPS) is 15.4. The van der Waals surface area contributed by atoms with E-state index in [1.165, 1.54) is 24.8 Å². The molecule has 7 heteroatoms. The highest BCUT2D eigenvalue weighted by Crippen LogP contribution is 2.18. The maximum atomic E-state index is 5.43. The monoisotopic (exact) mass is 461 g/mol. The van der Waals surface area contributed by atoms with Crippen molar-refractivity contribution in [3.63, 3.8) is 0 Å². The highest BCUT2D eigenvalue weighted by molar-refractivity contribution is 14.0. The third kappa shape index (κ3) is 6.97. The Morgan fingerprint density at radius 2 is 2.04 bits per heavy atom. The summed E-state index contributed by atoms with van der Waals surface area (Å²) in [5, 5.41) is 3.45. The van der Waals surface area contributed by atoms with Crippen LogP contribution in [0.15, 0.2) is 23.3 Å². The van der Waals surface area contributed by atoms with Crippen molar-refractivity contribution < 1.29 is 4.74 Å². The second-order valence-corrected chi connectivity index (χ2v) is 6.55. The second-order valence-electron chi connectivity index (χ2n) is 6.55. The van der Waals surface area contributed by atoms with Gasteiger partial charge in [0.2, 0.25) is 0 Å². The summed E-state index contributed by atoms with van der Waals surface area (Å²) in [4.78, 5) is 13.1. The highest BCUT2D eigenvalue weighted by Gasteiger charge is 2.15. The molecule has 1 aliphatic rings. The number of hydrogen-bond donors (Lipinski definition) is 1. The van der Waals surface area contributed by atoms with Gasteiger partial charge in [-0.05, 0) is 31.2 Å². The molecule has 142 valence electrons. The van der Waals surface area contributed by atoms with Gasteiger partial charge in [-0.1, -0.05) is 6.07 Å². The van der Waals surface area contributed by atoms with Crippen LogP contribution in [0.25, 0.3) is 0 Å². The summed E-state index contributed by atoms with van der Waals surface area (Å²) in [6, 6.07) is 4.08. The molecule has 0 spiro atoms. The fraction of sp³-hybridized carbons (Fsp3) is 0.667. The van der Waals surface area contributed by atoms with E-state index in [1.54, 1.807) is 0 Å². The molecule has 1 saturated heterocycles. The molecule has 2 heterocycles. The Morgan fingerprint density at radius 3 is 2.68 bits per heavy atom. The lowest BCUT2D eigenvalue weighted by Crippen LogP contribution is -2.40. The molecular weight excluding hydrogens is 429 g/mol. The number of rotatable bonds is 6. The van der Waals surface area contributed by atoms with Gasteiger partial charge in [0.25, 0.3) is 0 Å². The minimum atomic E-state index is 0. The molecule has 0 unspecified atom stereocenters. The number of anilines is 1. The summed E-state index contributed by atoms with van der Waals surface area (Å²) < 4.78 is 5.43. The number of halogens is 1. The number of aliphatic imine (C=N–C) groups is 1. The summed E-state index contributed by atoms with van der Waals surface area (Å²) in [5.41, 5.74) is 1.17. The average molecular weight is 461 g/mol. The maximum Gasteiger partial charge on any atom is 0.193 e. The second kappa shape index (κ2) is 11.5. The van der Waals surface area contributed by atoms with E-state index in [-0.39, 0.29) is 24.0 Å². The fourth-order valence-corrected chi connectivity index (χ4v) is 3.05. The minimum absolute atomic E-state index is 0. The number of nitrogens with zero attached hydrogens (tertiary/aromatic N) is 4. The van der Waals surface area contributed by atoms with Crippen molar-refractivity contribution in [1.82, 2.24) is 15.2 Å². The summed E-state index contributed by atoms with van der Waals surface area (Å²) in [5.74, 6) is 2.69. The van der Waals surface area contributed by atoms with Crippen LogP contribution in [0, 0.1) is 5.92 Å². The lowest BCUT2D eigenvalue weighted by molar-refractivity contribution is 0.0625. The molecule has 1 aromatic rings. The number of ether oxygens (including phenoxy) is 1. The highest BCUT2D eigenvalue weighted by atomic mass is 127. The molecule has 0 amide bonds. The molecule has 0 saturated carbocycles. The van der Waals surface area contributed by atoms with Gasteiger partial charge < -0.3 is 19.9 Å². The van der Waals surface area contributed by atoms with E-state index >= 15 is 0 Å². The van der Waals surface area contributed by atoms with Gasteiger partial charge in [-0.3, -0.25) is 4.99 Å². The third-order valence-electron chi connectivity index (χ3n) is 4.52. The van der Waals surface area contributed by atoms with Crippen molar-refractivity contribution in [1.29, 1.82) is 0 Å². The quantitative estimate of drug-likeness (QED) is 0.401. The summed E-state index contributed by atoms with van der Waals surface area (Å²) >= 11 is 0. The van der Waals surface area contributed by atoms with E-state index in [9.17, 15) is 0 Å². The van der Waals surface area contributed by atoms with Crippen LogP contribution in [0.1, 0.15) is 24.8 Å². The van der Waals surface area contributed by atoms with Crippen LogP contribution in [-0.4, -0.2) is 63.8 Å². The SMILES string of the molecule is CN=C(NCc1cccnc1N(C)C)N(C)CCC1CCOCC1.I. The van der Waals surface area contributed by atoms with Gasteiger partial charge in [-0.15, -0.1) is 24.0 Å². The number of pyridine rings is 1. The Kier molecular flexibility index (Phi) is 10.1. The standard InChI is InChI=1S/C18H31N5O.HI/c1-19-18(23(4)11-7-15-8-12-24-13-9-15)21-14-16-6-5-10-20-17(16)22(2)3;/h5-6,10,15H,7-9,11-14H2,1-4H3,(H,19,21);1H. The minimum Gasteiger partial charge on any atom is -0.381 e. The molecule has 1 N–H and O–H groups in total. The van der Waals surface area contributed by atoms with E-state index in [0.717, 1.165) is 44.0 Å². The Bertz CT molecular complexity index is 532. The van der Waals surface area contributed by atoms with Gasteiger partial charge in [0.1, 0.15) is 5.82 Å². The molecule has 6 nitrogen and oxygen atoms in total. The zero-order valence-electron chi connectivity index (χ0n) is 15.9. The number of nitrogens with one attached hydrogen (secondary N) is 1. The third-order valence-corrected chi connectivity index (χ3v) is 4.52. The molecule has 0 aromatic carbocycles. The van der Waals surface area contributed by atoms with E-state index in [4.69, 9.17) is 4.74 Å². The first-order valence-corrected chi connectivity index (χ1v) is 8.72. The Balaban J connectivity index is 0.00000312. The molecular formula is C18H32IN5O. The Morgan fingerprint density at radius 1 is 1.32 bits per heavy atom. The average Bonchev–Trinajstić information content (AvgIpc) is 2.61. The fourth-order valence-electron chi connectivity index (χ4n) is 3.05. The Hall–Kier alpha value is -1.09. The zero-order valence-corrected chi connectivity index (χ0v) is 18.2. The van der Waals surface area contributed by atoms with Crippen LogP contribution in [0.4, 0.5) is 5.82 Å².